The van der Waals surface area contributed by atoms with Gasteiger partial charge < -0.3 is 5.11 Å². The zero-order valence-electron chi connectivity index (χ0n) is 11.1. The summed E-state index contributed by atoms with van der Waals surface area (Å²) in [7, 11) is 0. The Morgan fingerprint density at radius 2 is 1.63 bits per heavy atom. The van der Waals surface area contributed by atoms with Crippen LogP contribution in [0.2, 0.25) is 0 Å². The van der Waals surface area contributed by atoms with E-state index in [0.29, 0.717) is 5.92 Å². The molecule has 1 saturated carbocycles. The average molecular weight is 252 g/mol. The Kier molecular flexibility index (Phi) is 3.65. The van der Waals surface area contributed by atoms with E-state index in [9.17, 15) is 5.11 Å². The SMILES string of the molecule is OC(CCc1ccccc1)c1ccccc1C1CC1. The molecule has 1 aliphatic rings. The molecule has 1 fully saturated rings. The standard InChI is InChI=1S/C18H20O/c19-18(13-10-14-6-2-1-3-7-14)17-9-5-4-8-16(17)15-11-12-15/h1-9,15,18-19H,10-13H2. The van der Waals surface area contributed by atoms with Gasteiger partial charge >= 0.3 is 0 Å². The molecular formula is C18H20O. The van der Waals surface area contributed by atoms with Crippen molar-refractivity contribution in [1.82, 2.24) is 0 Å². The van der Waals surface area contributed by atoms with E-state index in [4.69, 9.17) is 0 Å². The molecule has 0 amide bonds. The highest BCUT2D eigenvalue weighted by atomic mass is 16.3. The van der Waals surface area contributed by atoms with Crippen molar-refractivity contribution in [2.75, 3.05) is 0 Å². The summed E-state index contributed by atoms with van der Waals surface area (Å²) in [4.78, 5) is 0. The molecule has 1 heteroatoms. The molecule has 1 nitrogen and oxygen atoms in total. The number of benzene rings is 2. The van der Waals surface area contributed by atoms with E-state index in [1.807, 2.05) is 12.1 Å². The monoisotopic (exact) mass is 252 g/mol. The Balaban J connectivity index is 1.68. The number of hydrogen-bond donors (Lipinski definition) is 1. The molecule has 0 spiro atoms. The number of aliphatic hydroxyl groups is 1. The van der Waals surface area contributed by atoms with Gasteiger partial charge in [-0.05, 0) is 48.3 Å². The van der Waals surface area contributed by atoms with Crippen molar-refractivity contribution >= 4 is 0 Å². The maximum atomic E-state index is 10.4. The van der Waals surface area contributed by atoms with E-state index >= 15 is 0 Å². The van der Waals surface area contributed by atoms with Gasteiger partial charge in [-0.15, -0.1) is 0 Å². The van der Waals surface area contributed by atoms with Gasteiger partial charge in [0.25, 0.3) is 0 Å². The largest absolute Gasteiger partial charge is 0.388 e. The fourth-order valence-electron chi connectivity index (χ4n) is 2.68. The molecule has 19 heavy (non-hydrogen) atoms. The van der Waals surface area contributed by atoms with E-state index in [-0.39, 0.29) is 6.10 Å². The topological polar surface area (TPSA) is 20.2 Å². The smallest absolute Gasteiger partial charge is 0.0796 e. The highest BCUT2D eigenvalue weighted by molar-refractivity contribution is 5.34. The lowest BCUT2D eigenvalue weighted by Crippen LogP contribution is -2.03. The Hall–Kier alpha value is -1.60. The molecule has 0 aromatic heterocycles. The summed E-state index contributed by atoms with van der Waals surface area (Å²) in [6.45, 7) is 0. The summed E-state index contributed by atoms with van der Waals surface area (Å²) in [5, 5.41) is 10.4. The predicted molar refractivity (Wildman–Crippen MR) is 78.1 cm³/mol. The molecule has 0 bridgehead atoms. The number of aryl methyl sites for hydroxylation is 1. The van der Waals surface area contributed by atoms with Crippen molar-refractivity contribution in [1.29, 1.82) is 0 Å². The second-order valence-electron chi connectivity index (χ2n) is 5.44. The minimum Gasteiger partial charge on any atom is -0.388 e. The molecule has 3 rings (SSSR count). The number of hydrogen-bond acceptors (Lipinski definition) is 1. The lowest BCUT2D eigenvalue weighted by Gasteiger charge is -2.15. The lowest BCUT2D eigenvalue weighted by atomic mass is 9.95. The molecule has 0 radical (unpaired) electrons. The predicted octanol–water partition coefficient (Wildman–Crippen LogP) is 4.23. The molecule has 1 unspecified atom stereocenters. The first-order valence-corrected chi connectivity index (χ1v) is 7.15. The molecule has 0 saturated heterocycles. The van der Waals surface area contributed by atoms with Crippen LogP contribution in [0.15, 0.2) is 54.6 Å². The maximum Gasteiger partial charge on any atom is 0.0796 e. The van der Waals surface area contributed by atoms with Crippen LogP contribution in [-0.2, 0) is 6.42 Å². The van der Waals surface area contributed by atoms with Crippen molar-refractivity contribution in [2.24, 2.45) is 0 Å². The van der Waals surface area contributed by atoms with Crippen molar-refractivity contribution in [2.45, 2.75) is 37.7 Å². The molecule has 1 N–H and O–H groups in total. The van der Waals surface area contributed by atoms with Gasteiger partial charge in [0.15, 0.2) is 0 Å². The first-order chi connectivity index (χ1) is 9.34. The maximum absolute atomic E-state index is 10.4. The summed E-state index contributed by atoms with van der Waals surface area (Å²) in [6.07, 6.45) is 3.96. The van der Waals surface area contributed by atoms with Crippen LogP contribution in [0.25, 0.3) is 0 Å². The Labute approximate surface area is 114 Å². The molecule has 0 aliphatic heterocycles. The molecule has 2 aromatic rings. The van der Waals surface area contributed by atoms with Crippen LogP contribution in [0.5, 0.6) is 0 Å². The Morgan fingerprint density at radius 3 is 2.37 bits per heavy atom. The van der Waals surface area contributed by atoms with E-state index < -0.39 is 0 Å². The Morgan fingerprint density at radius 1 is 0.947 bits per heavy atom. The van der Waals surface area contributed by atoms with Crippen molar-refractivity contribution in [3.63, 3.8) is 0 Å². The van der Waals surface area contributed by atoms with Crippen LogP contribution in [0.4, 0.5) is 0 Å². The zero-order chi connectivity index (χ0) is 13.1. The normalized spacial score (nSPS) is 16.3. The summed E-state index contributed by atoms with van der Waals surface area (Å²) in [5.41, 5.74) is 3.80. The third kappa shape index (κ3) is 3.05. The van der Waals surface area contributed by atoms with Gasteiger partial charge in [0.05, 0.1) is 6.10 Å². The van der Waals surface area contributed by atoms with Gasteiger partial charge in [0.2, 0.25) is 0 Å². The van der Waals surface area contributed by atoms with E-state index in [1.54, 1.807) is 0 Å². The van der Waals surface area contributed by atoms with Crippen LogP contribution < -0.4 is 0 Å². The average Bonchev–Trinajstić information content (AvgIpc) is 3.30. The number of rotatable bonds is 5. The molecule has 0 heterocycles. The van der Waals surface area contributed by atoms with Crippen LogP contribution in [-0.4, -0.2) is 5.11 Å². The summed E-state index contributed by atoms with van der Waals surface area (Å²) < 4.78 is 0. The van der Waals surface area contributed by atoms with Crippen molar-refractivity contribution < 1.29 is 5.11 Å². The van der Waals surface area contributed by atoms with E-state index in [2.05, 4.69) is 42.5 Å². The van der Waals surface area contributed by atoms with E-state index in [1.165, 1.54) is 24.0 Å². The third-order valence-electron chi connectivity index (χ3n) is 3.92. The van der Waals surface area contributed by atoms with E-state index in [0.717, 1.165) is 18.4 Å². The second kappa shape index (κ2) is 5.58. The first kappa shape index (κ1) is 12.4. The van der Waals surface area contributed by atoms with Crippen LogP contribution in [0.1, 0.15) is 48.0 Å². The number of aliphatic hydroxyl groups excluding tert-OH is 1. The molecular weight excluding hydrogens is 232 g/mol. The highest BCUT2D eigenvalue weighted by Gasteiger charge is 2.27. The molecule has 2 aromatic carbocycles. The third-order valence-corrected chi connectivity index (χ3v) is 3.92. The second-order valence-corrected chi connectivity index (χ2v) is 5.44. The lowest BCUT2D eigenvalue weighted by molar-refractivity contribution is 0.167. The van der Waals surface area contributed by atoms with Crippen molar-refractivity contribution in [3.05, 3.63) is 71.3 Å². The molecule has 1 atom stereocenters. The van der Waals surface area contributed by atoms with Crippen LogP contribution in [0.3, 0.4) is 0 Å². The quantitative estimate of drug-likeness (QED) is 0.844. The first-order valence-electron chi connectivity index (χ1n) is 7.15. The Bertz CT molecular complexity index is 528. The molecule has 98 valence electrons. The summed E-state index contributed by atoms with van der Waals surface area (Å²) >= 11 is 0. The summed E-state index contributed by atoms with van der Waals surface area (Å²) in [6, 6.07) is 18.8. The fourth-order valence-corrected chi connectivity index (χ4v) is 2.68. The zero-order valence-corrected chi connectivity index (χ0v) is 11.1. The molecule has 1 aliphatic carbocycles. The van der Waals surface area contributed by atoms with Gasteiger partial charge in [0, 0.05) is 0 Å². The van der Waals surface area contributed by atoms with Gasteiger partial charge in [-0.2, -0.15) is 0 Å². The van der Waals surface area contributed by atoms with Gasteiger partial charge in [0.1, 0.15) is 0 Å². The van der Waals surface area contributed by atoms with Crippen molar-refractivity contribution in [3.8, 4) is 0 Å². The van der Waals surface area contributed by atoms with Gasteiger partial charge in [-0.25, -0.2) is 0 Å². The van der Waals surface area contributed by atoms with Gasteiger partial charge in [-0.1, -0.05) is 54.6 Å². The fraction of sp³-hybridized carbons (Fsp3) is 0.333. The summed E-state index contributed by atoms with van der Waals surface area (Å²) in [5.74, 6) is 0.697. The van der Waals surface area contributed by atoms with Crippen LogP contribution >= 0.6 is 0 Å². The minimum atomic E-state index is -0.336. The minimum absolute atomic E-state index is 0.336. The van der Waals surface area contributed by atoms with Crippen LogP contribution in [0, 0.1) is 0 Å². The highest BCUT2D eigenvalue weighted by Crippen LogP contribution is 2.43. The van der Waals surface area contributed by atoms with Gasteiger partial charge in [-0.3, -0.25) is 0 Å².